The van der Waals surface area contributed by atoms with Gasteiger partial charge in [-0.3, -0.25) is 0 Å². The van der Waals surface area contributed by atoms with E-state index in [1.807, 2.05) is 0 Å². The van der Waals surface area contributed by atoms with Crippen LogP contribution in [0.25, 0.3) is 0 Å². The van der Waals surface area contributed by atoms with Crippen molar-refractivity contribution >= 4 is 0 Å². The average molecular weight is 403 g/mol. The fourth-order valence-corrected chi connectivity index (χ4v) is 7.60. The molecule has 4 aliphatic carbocycles. The van der Waals surface area contributed by atoms with Crippen molar-refractivity contribution in [3.05, 3.63) is 0 Å². The van der Waals surface area contributed by atoms with Gasteiger partial charge in [0.15, 0.2) is 0 Å². The molecule has 28 heavy (non-hydrogen) atoms. The molecule has 4 aliphatic rings. The molecule has 0 aliphatic heterocycles. The zero-order valence-electron chi connectivity index (χ0n) is 17.4. The van der Waals surface area contributed by atoms with Gasteiger partial charge in [0.2, 0.25) is 0 Å². The highest BCUT2D eigenvalue weighted by molar-refractivity contribution is 5.06. The Balaban J connectivity index is 1.32. The summed E-state index contributed by atoms with van der Waals surface area (Å²) in [5.41, 5.74) is 0. The third-order valence-electron chi connectivity index (χ3n) is 9.15. The Morgan fingerprint density at radius 2 is 1.25 bits per heavy atom. The van der Waals surface area contributed by atoms with E-state index < -0.39 is 30.1 Å². The first-order valence-electron chi connectivity index (χ1n) is 12.1. The van der Waals surface area contributed by atoms with Gasteiger partial charge in [0.05, 0.1) is 5.92 Å². The molecule has 0 heterocycles. The number of hydrogen-bond acceptors (Lipinski definition) is 0. The Morgan fingerprint density at radius 1 is 0.714 bits per heavy atom. The third-order valence-corrected chi connectivity index (χ3v) is 9.15. The van der Waals surface area contributed by atoms with Gasteiger partial charge in [0, 0.05) is 5.92 Å². The number of hydrogen-bond donors (Lipinski definition) is 0. The monoisotopic (exact) mass is 402 g/mol. The molecule has 0 radical (unpaired) electrons. The predicted octanol–water partition coefficient (Wildman–Crippen LogP) is 7.76. The van der Waals surface area contributed by atoms with E-state index in [9.17, 15) is 8.78 Å². The summed E-state index contributed by atoms with van der Waals surface area (Å²) in [4.78, 5) is 0. The molecule has 4 heteroatoms. The minimum atomic E-state index is -3.02. The van der Waals surface area contributed by atoms with Crippen LogP contribution in [0.5, 0.6) is 0 Å². The molecule has 4 saturated carbocycles. The minimum absolute atomic E-state index is 0.0125. The molecule has 0 amide bonds. The number of halogens is 4. The van der Waals surface area contributed by atoms with Crippen LogP contribution < -0.4 is 0 Å². The maximum Gasteiger partial charge on any atom is 0.257 e. The molecule has 0 spiro atoms. The van der Waals surface area contributed by atoms with E-state index in [2.05, 4.69) is 6.92 Å². The summed E-state index contributed by atoms with van der Waals surface area (Å²) in [7, 11) is 0. The fourth-order valence-electron chi connectivity index (χ4n) is 7.60. The first-order valence-corrected chi connectivity index (χ1v) is 12.1. The molecule has 5 atom stereocenters. The lowest BCUT2D eigenvalue weighted by molar-refractivity contribution is -0.139. The highest BCUT2D eigenvalue weighted by atomic mass is 19.3. The normalized spacial score (nSPS) is 49.0. The van der Waals surface area contributed by atoms with Gasteiger partial charge >= 0.3 is 0 Å². The van der Waals surface area contributed by atoms with Crippen molar-refractivity contribution in [3.8, 4) is 0 Å². The topological polar surface area (TPSA) is 0 Å². The quantitative estimate of drug-likeness (QED) is 0.422. The van der Waals surface area contributed by atoms with Crippen molar-refractivity contribution in [2.24, 2.45) is 41.4 Å². The van der Waals surface area contributed by atoms with Crippen molar-refractivity contribution in [3.63, 3.8) is 0 Å². The van der Waals surface area contributed by atoms with Crippen molar-refractivity contribution in [1.29, 1.82) is 0 Å². The molecule has 0 aromatic carbocycles. The molecule has 0 nitrogen and oxygen atoms in total. The summed E-state index contributed by atoms with van der Waals surface area (Å²) in [6.07, 6.45) is 9.19. The lowest BCUT2D eigenvalue weighted by Gasteiger charge is -2.41. The molecule has 4 fully saturated rings. The Morgan fingerprint density at radius 3 is 1.86 bits per heavy atom. The number of alkyl halides is 4. The maximum atomic E-state index is 15.1. The first-order chi connectivity index (χ1) is 13.4. The number of fused-ring (bicyclic) bond motifs is 1. The van der Waals surface area contributed by atoms with Gasteiger partial charge in [-0.2, -0.15) is 0 Å². The lowest BCUT2D eigenvalue weighted by atomic mass is 9.66. The largest absolute Gasteiger partial charge is 0.257 e. The molecular formula is C24H38F4. The van der Waals surface area contributed by atoms with Gasteiger partial charge in [-0.05, 0) is 87.4 Å². The zero-order valence-corrected chi connectivity index (χ0v) is 17.4. The van der Waals surface area contributed by atoms with Crippen LogP contribution in [0.2, 0.25) is 0 Å². The molecule has 0 N–H and O–H groups in total. The molecule has 0 aromatic rings. The second-order valence-corrected chi connectivity index (χ2v) is 10.6. The Kier molecular flexibility index (Phi) is 6.33. The maximum absolute atomic E-state index is 15.1. The molecular weight excluding hydrogens is 364 g/mol. The molecule has 162 valence electrons. The second-order valence-electron chi connectivity index (χ2n) is 10.6. The van der Waals surface area contributed by atoms with Crippen LogP contribution in [0.1, 0.15) is 90.4 Å². The molecule has 0 saturated heterocycles. The Hall–Kier alpha value is -0.280. The third kappa shape index (κ3) is 3.87. The molecule has 0 aromatic heterocycles. The van der Waals surface area contributed by atoms with Crippen molar-refractivity contribution in [2.45, 2.75) is 109 Å². The SMILES string of the molecule is CCCC1CCC(C2CCC(C3CC4CCC(F)C(F)C4C3(F)F)CC2)CC1. The van der Waals surface area contributed by atoms with E-state index >= 15 is 8.78 Å². The summed E-state index contributed by atoms with van der Waals surface area (Å²) in [5.74, 6) is -2.99. The summed E-state index contributed by atoms with van der Waals surface area (Å²) >= 11 is 0. The van der Waals surface area contributed by atoms with Crippen LogP contribution in [-0.2, 0) is 0 Å². The second kappa shape index (κ2) is 8.46. The van der Waals surface area contributed by atoms with E-state index in [0.717, 1.165) is 37.5 Å². The summed E-state index contributed by atoms with van der Waals surface area (Å²) < 4.78 is 58.3. The van der Waals surface area contributed by atoms with E-state index in [1.54, 1.807) is 0 Å². The van der Waals surface area contributed by atoms with E-state index in [-0.39, 0.29) is 18.3 Å². The van der Waals surface area contributed by atoms with Crippen LogP contribution in [0, 0.1) is 41.4 Å². The first kappa shape index (κ1) is 21.0. The van der Waals surface area contributed by atoms with Gasteiger partial charge in [0.25, 0.3) is 5.92 Å². The number of rotatable bonds is 4. The van der Waals surface area contributed by atoms with Gasteiger partial charge in [-0.15, -0.1) is 0 Å². The van der Waals surface area contributed by atoms with E-state index in [0.29, 0.717) is 18.8 Å². The van der Waals surface area contributed by atoms with Gasteiger partial charge in [0.1, 0.15) is 12.3 Å². The van der Waals surface area contributed by atoms with Crippen LogP contribution in [0.3, 0.4) is 0 Å². The van der Waals surface area contributed by atoms with Gasteiger partial charge < -0.3 is 0 Å². The highest BCUT2D eigenvalue weighted by Gasteiger charge is 2.64. The molecule has 4 rings (SSSR count). The summed E-state index contributed by atoms with van der Waals surface area (Å²) in [6, 6.07) is 0. The minimum Gasteiger partial charge on any atom is -0.244 e. The summed E-state index contributed by atoms with van der Waals surface area (Å²) in [5, 5.41) is 0. The van der Waals surface area contributed by atoms with Crippen LogP contribution in [0.15, 0.2) is 0 Å². The zero-order chi connectivity index (χ0) is 19.9. The smallest absolute Gasteiger partial charge is 0.244 e. The van der Waals surface area contributed by atoms with Gasteiger partial charge in [-0.25, -0.2) is 17.6 Å². The van der Waals surface area contributed by atoms with Gasteiger partial charge in [-0.1, -0.05) is 32.6 Å². The van der Waals surface area contributed by atoms with Crippen LogP contribution in [0.4, 0.5) is 17.6 Å². The average Bonchev–Trinajstić information content (AvgIpc) is 2.97. The van der Waals surface area contributed by atoms with Crippen molar-refractivity contribution in [1.82, 2.24) is 0 Å². The predicted molar refractivity (Wildman–Crippen MR) is 105 cm³/mol. The molecule has 5 unspecified atom stereocenters. The Bertz CT molecular complexity index is 505. The fraction of sp³-hybridized carbons (Fsp3) is 1.00. The van der Waals surface area contributed by atoms with Crippen LogP contribution >= 0.6 is 0 Å². The van der Waals surface area contributed by atoms with Crippen molar-refractivity contribution < 1.29 is 17.6 Å². The van der Waals surface area contributed by atoms with Crippen molar-refractivity contribution in [2.75, 3.05) is 0 Å². The highest BCUT2D eigenvalue weighted by Crippen LogP contribution is 2.59. The molecule has 0 bridgehead atoms. The standard InChI is InChI=1S/C24H38F4/c1-2-3-15-4-6-16(7-5-15)17-8-10-18(11-9-17)20-14-19-12-13-21(25)23(26)22(19)24(20,27)28/h15-23H,2-14H2,1H3. The Labute approximate surface area is 168 Å². The summed E-state index contributed by atoms with van der Waals surface area (Å²) in [6.45, 7) is 2.27. The van der Waals surface area contributed by atoms with E-state index in [4.69, 9.17) is 0 Å². The van der Waals surface area contributed by atoms with E-state index in [1.165, 1.54) is 38.5 Å². The lowest BCUT2D eigenvalue weighted by Crippen LogP contribution is -2.45. The van der Waals surface area contributed by atoms with Crippen LogP contribution in [-0.4, -0.2) is 18.3 Å².